The first-order valence-corrected chi connectivity index (χ1v) is 3.72. The molecule has 0 amide bonds. The summed E-state index contributed by atoms with van der Waals surface area (Å²) in [6, 6.07) is 0. The molecule has 56 valence electrons. The van der Waals surface area contributed by atoms with Gasteiger partial charge in [0.2, 0.25) is 0 Å². The third-order valence-electron chi connectivity index (χ3n) is 1.29. The Morgan fingerprint density at radius 3 is 2.00 bits per heavy atom. The van der Waals surface area contributed by atoms with Crippen LogP contribution in [-0.4, -0.2) is 33.5 Å². The van der Waals surface area contributed by atoms with Crippen LogP contribution in [0.1, 0.15) is 6.92 Å². The Labute approximate surface area is 62.4 Å². The Bertz CT molecular complexity index is 80.3. The van der Waals surface area contributed by atoms with Gasteiger partial charge in [0.15, 0.2) is 6.29 Å². The van der Waals surface area contributed by atoms with E-state index in [0.29, 0.717) is 5.33 Å². The number of hydrogen-bond donors (Lipinski definition) is 3. The summed E-state index contributed by atoms with van der Waals surface area (Å²) in [5.41, 5.74) is -0.833. The summed E-state index contributed by atoms with van der Waals surface area (Å²) >= 11 is 3.05. The maximum atomic E-state index is 8.64. The second-order valence-electron chi connectivity index (χ2n) is 2.32. The highest BCUT2D eigenvalue weighted by Crippen LogP contribution is 2.21. The van der Waals surface area contributed by atoms with Crippen molar-refractivity contribution >= 4 is 15.9 Å². The molecule has 0 aliphatic rings. The van der Waals surface area contributed by atoms with E-state index in [1.54, 1.807) is 6.92 Å². The van der Waals surface area contributed by atoms with E-state index in [9.17, 15) is 0 Å². The van der Waals surface area contributed by atoms with Gasteiger partial charge in [0.25, 0.3) is 0 Å². The van der Waals surface area contributed by atoms with E-state index in [1.165, 1.54) is 0 Å². The van der Waals surface area contributed by atoms with Crippen LogP contribution in [0.2, 0.25) is 0 Å². The van der Waals surface area contributed by atoms with Gasteiger partial charge in [-0.2, -0.15) is 0 Å². The predicted molar refractivity (Wildman–Crippen MR) is 37.2 cm³/mol. The van der Waals surface area contributed by atoms with Crippen LogP contribution >= 0.6 is 15.9 Å². The van der Waals surface area contributed by atoms with Crippen molar-refractivity contribution in [3.8, 4) is 0 Å². The second kappa shape index (κ2) is 3.51. The molecule has 0 aromatic carbocycles. The molecule has 1 unspecified atom stereocenters. The van der Waals surface area contributed by atoms with E-state index in [4.69, 9.17) is 15.3 Å². The number of hydrogen-bond acceptors (Lipinski definition) is 3. The van der Waals surface area contributed by atoms with Gasteiger partial charge in [-0.3, -0.25) is 0 Å². The molecule has 0 fully saturated rings. The summed E-state index contributed by atoms with van der Waals surface area (Å²) in [5, 5.41) is 26.2. The lowest BCUT2D eigenvalue weighted by molar-refractivity contribution is -0.133. The van der Waals surface area contributed by atoms with E-state index < -0.39 is 11.7 Å². The maximum Gasteiger partial charge on any atom is 0.159 e. The first-order chi connectivity index (χ1) is 4.06. The molecule has 0 aromatic rings. The first kappa shape index (κ1) is 9.36. The summed E-state index contributed by atoms with van der Waals surface area (Å²) < 4.78 is 0. The van der Waals surface area contributed by atoms with Crippen molar-refractivity contribution in [1.29, 1.82) is 0 Å². The van der Waals surface area contributed by atoms with Gasteiger partial charge in [-0.1, -0.05) is 22.9 Å². The Balaban J connectivity index is 3.92. The standard InChI is InChI=1S/C5H11BrO3/c1-5(2-6,3-7)4(8)9/h4,7-9H,2-3H2,1H3. The molecular formula is C5H11BrO3. The van der Waals surface area contributed by atoms with Gasteiger partial charge in [-0.05, 0) is 0 Å². The largest absolute Gasteiger partial charge is 0.396 e. The highest BCUT2D eigenvalue weighted by atomic mass is 79.9. The zero-order valence-electron chi connectivity index (χ0n) is 5.21. The minimum Gasteiger partial charge on any atom is -0.396 e. The third-order valence-corrected chi connectivity index (χ3v) is 2.57. The average molecular weight is 199 g/mol. The summed E-state index contributed by atoms with van der Waals surface area (Å²) in [6.45, 7) is 1.34. The normalized spacial score (nSPS) is 18.0. The Hall–Kier alpha value is 0.360. The fraction of sp³-hybridized carbons (Fsp3) is 1.00. The van der Waals surface area contributed by atoms with Crippen molar-refractivity contribution in [2.75, 3.05) is 11.9 Å². The van der Waals surface area contributed by atoms with Gasteiger partial charge in [-0.25, -0.2) is 0 Å². The molecule has 4 heteroatoms. The van der Waals surface area contributed by atoms with Gasteiger partial charge in [0.1, 0.15) is 0 Å². The smallest absolute Gasteiger partial charge is 0.159 e. The quantitative estimate of drug-likeness (QED) is 0.431. The topological polar surface area (TPSA) is 60.7 Å². The molecule has 0 saturated heterocycles. The van der Waals surface area contributed by atoms with Crippen LogP contribution in [-0.2, 0) is 0 Å². The summed E-state index contributed by atoms with van der Waals surface area (Å²) in [6.07, 6.45) is -1.47. The molecule has 9 heavy (non-hydrogen) atoms. The molecule has 0 saturated carbocycles. The van der Waals surface area contributed by atoms with Gasteiger partial charge in [0.05, 0.1) is 12.0 Å². The fourth-order valence-corrected chi connectivity index (χ4v) is 0.660. The minimum absolute atomic E-state index is 0.240. The van der Waals surface area contributed by atoms with Gasteiger partial charge >= 0.3 is 0 Å². The van der Waals surface area contributed by atoms with Crippen LogP contribution in [0.3, 0.4) is 0 Å². The van der Waals surface area contributed by atoms with Crippen LogP contribution in [0.15, 0.2) is 0 Å². The summed E-state index contributed by atoms with van der Waals surface area (Å²) in [5.74, 6) is 0. The van der Waals surface area contributed by atoms with Gasteiger partial charge in [0, 0.05) is 5.33 Å². The molecule has 0 spiro atoms. The van der Waals surface area contributed by atoms with Crippen LogP contribution in [0, 0.1) is 5.41 Å². The van der Waals surface area contributed by atoms with Crippen LogP contribution in [0.25, 0.3) is 0 Å². The molecule has 0 aromatic heterocycles. The van der Waals surface area contributed by atoms with Crippen molar-refractivity contribution < 1.29 is 15.3 Å². The Morgan fingerprint density at radius 2 is 2.00 bits per heavy atom. The van der Waals surface area contributed by atoms with Crippen LogP contribution < -0.4 is 0 Å². The number of halogens is 1. The lowest BCUT2D eigenvalue weighted by Crippen LogP contribution is -2.37. The number of rotatable bonds is 3. The highest BCUT2D eigenvalue weighted by Gasteiger charge is 2.29. The zero-order valence-corrected chi connectivity index (χ0v) is 6.80. The number of alkyl halides is 1. The van der Waals surface area contributed by atoms with E-state index in [2.05, 4.69) is 15.9 Å². The molecule has 1 atom stereocenters. The van der Waals surface area contributed by atoms with E-state index in [0.717, 1.165) is 0 Å². The molecule has 0 aliphatic heterocycles. The molecular weight excluding hydrogens is 188 g/mol. The van der Waals surface area contributed by atoms with Crippen LogP contribution in [0.5, 0.6) is 0 Å². The monoisotopic (exact) mass is 198 g/mol. The molecule has 3 nitrogen and oxygen atoms in total. The first-order valence-electron chi connectivity index (χ1n) is 2.60. The van der Waals surface area contributed by atoms with Crippen molar-refractivity contribution in [3.05, 3.63) is 0 Å². The second-order valence-corrected chi connectivity index (χ2v) is 2.88. The number of aliphatic hydroxyl groups excluding tert-OH is 2. The molecule has 0 aliphatic carbocycles. The van der Waals surface area contributed by atoms with Crippen molar-refractivity contribution in [1.82, 2.24) is 0 Å². The average Bonchev–Trinajstić information content (AvgIpc) is 1.86. The number of aliphatic hydroxyl groups is 3. The fourth-order valence-electron chi connectivity index (χ4n) is 0.193. The lowest BCUT2D eigenvalue weighted by atomic mass is 9.94. The third kappa shape index (κ3) is 2.21. The molecule has 3 N–H and O–H groups in total. The minimum atomic E-state index is -1.47. The van der Waals surface area contributed by atoms with Crippen molar-refractivity contribution in [2.24, 2.45) is 5.41 Å². The van der Waals surface area contributed by atoms with Gasteiger partial charge in [-0.15, -0.1) is 0 Å². The van der Waals surface area contributed by atoms with Crippen molar-refractivity contribution in [2.45, 2.75) is 13.2 Å². The van der Waals surface area contributed by atoms with E-state index in [1.807, 2.05) is 0 Å². The molecule has 0 rings (SSSR count). The highest BCUT2D eigenvalue weighted by molar-refractivity contribution is 9.09. The molecule has 0 heterocycles. The van der Waals surface area contributed by atoms with E-state index in [-0.39, 0.29) is 6.61 Å². The Kier molecular flexibility index (Phi) is 3.65. The van der Waals surface area contributed by atoms with Crippen LogP contribution in [0.4, 0.5) is 0 Å². The molecule has 0 radical (unpaired) electrons. The lowest BCUT2D eigenvalue weighted by Gasteiger charge is -2.26. The summed E-state index contributed by atoms with van der Waals surface area (Å²) in [4.78, 5) is 0. The predicted octanol–water partition coefficient (Wildman–Crippen LogP) is -0.309. The zero-order chi connectivity index (χ0) is 7.49. The molecule has 0 bridgehead atoms. The summed E-state index contributed by atoms with van der Waals surface area (Å²) in [7, 11) is 0. The maximum absolute atomic E-state index is 8.64. The Morgan fingerprint density at radius 1 is 1.56 bits per heavy atom. The van der Waals surface area contributed by atoms with E-state index >= 15 is 0 Å². The van der Waals surface area contributed by atoms with Gasteiger partial charge < -0.3 is 15.3 Å². The SMILES string of the molecule is CC(CO)(CBr)C(O)O. The van der Waals surface area contributed by atoms with Crippen molar-refractivity contribution in [3.63, 3.8) is 0 Å².